The van der Waals surface area contributed by atoms with Crippen molar-refractivity contribution >= 4 is 5.91 Å². The molecule has 0 saturated carbocycles. The minimum Gasteiger partial charge on any atom is -0.469 e. The molecule has 0 spiro atoms. The molecular formula is C13H17N3O4. The first-order valence-electron chi connectivity index (χ1n) is 6.45. The van der Waals surface area contributed by atoms with E-state index in [1.807, 2.05) is 6.92 Å². The average molecular weight is 279 g/mol. The fraction of sp³-hybridized carbons (Fsp3) is 0.462. The second-order valence-electron chi connectivity index (χ2n) is 4.32. The third kappa shape index (κ3) is 3.67. The van der Waals surface area contributed by atoms with Crippen LogP contribution in [0.15, 0.2) is 21.2 Å². The number of amides is 1. The predicted molar refractivity (Wildman–Crippen MR) is 69.8 cm³/mol. The van der Waals surface area contributed by atoms with Gasteiger partial charge < -0.3 is 19.3 Å². The van der Waals surface area contributed by atoms with Crippen molar-refractivity contribution < 1.29 is 18.7 Å². The van der Waals surface area contributed by atoms with Crippen LogP contribution in [0, 0.1) is 6.92 Å². The van der Waals surface area contributed by atoms with Crippen LogP contribution in [-0.2, 0) is 11.2 Å². The maximum atomic E-state index is 11.5. The van der Waals surface area contributed by atoms with Crippen molar-refractivity contribution in [2.24, 2.45) is 0 Å². The highest BCUT2D eigenvalue weighted by Gasteiger charge is 2.13. The van der Waals surface area contributed by atoms with E-state index in [0.29, 0.717) is 36.9 Å². The number of nitrogens with one attached hydrogen (secondary N) is 1. The SMILES string of the molecule is Cc1occc1-c1nnc(CCC(=O)NCCCO)o1. The molecule has 1 amide bonds. The lowest BCUT2D eigenvalue weighted by atomic mass is 10.2. The van der Waals surface area contributed by atoms with E-state index < -0.39 is 0 Å². The van der Waals surface area contributed by atoms with Crippen LogP contribution in [0.3, 0.4) is 0 Å². The van der Waals surface area contributed by atoms with Crippen LogP contribution in [0.5, 0.6) is 0 Å². The van der Waals surface area contributed by atoms with E-state index in [1.165, 1.54) is 0 Å². The van der Waals surface area contributed by atoms with Crippen LogP contribution < -0.4 is 5.32 Å². The van der Waals surface area contributed by atoms with E-state index in [4.69, 9.17) is 13.9 Å². The summed E-state index contributed by atoms with van der Waals surface area (Å²) < 4.78 is 10.7. The Hall–Kier alpha value is -2.15. The number of aryl methyl sites for hydroxylation is 2. The van der Waals surface area contributed by atoms with E-state index >= 15 is 0 Å². The first kappa shape index (κ1) is 14.3. The monoisotopic (exact) mass is 279 g/mol. The summed E-state index contributed by atoms with van der Waals surface area (Å²) in [7, 11) is 0. The highest BCUT2D eigenvalue weighted by Crippen LogP contribution is 2.22. The molecule has 2 N–H and O–H groups in total. The number of furan rings is 1. The zero-order valence-corrected chi connectivity index (χ0v) is 11.3. The number of hydrogen-bond acceptors (Lipinski definition) is 6. The summed E-state index contributed by atoms with van der Waals surface area (Å²) >= 11 is 0. The van der Waals surface area contributed by atoms with Gasteiger partial charge in [0.15, 0.2) is 0 Å². The van der Waals surface area contributed by atoms with Gasteiger partial charge in [-0.1, -0.05) is 0 Å². The Bertz CT molecular complexity index is 561. The molecule has 0 aliphatic rings. The van der Waals surface area contributed by atoms with Gasteiger partial charge in [0.25, 0.3) is 5.89 Å². The zero-order valence-electron chi connectivity index (χ0n) is 11.3. The van der Waals surface area contributed by atoms with Gasteiger partial charge in [-0.25, -0.2) is 0 Å². The molecule has 108 valence electrons. The number of carbonyl (C=O) groups excluding carboxylic acids is 1. The van der Waals surface area contributed by atoms with Crippen molar-refractivity contribution in [3.05, 3.63) is 24.0 Å². The first-order valence-corrected chi connectivity index (χ1v) is 6.45. The van der Waals surface area contributed by atoms with Gasteiger partial charge in [-0.2, -0.15) is 0 Å². The molecule has 2 aromatic rings. The minimum atomic E-state index is -0.0994. The number of aliphatic hydroxyl groups is 1. The Morgan fingerprint density at radius 3 is 3.00 bits per heavy atom. The third-order valence-electron chi connectivity index (χ3n) is 2.78. The topological polar surface area (TPSA) is 101 Å². The first-order chi connectivity index (χ1) is 9.70. The molecule has 0 unspecified atom stereocenters. The molecule has 0 radical (unpaired) electrons. The fourth-order valence-electron chi connectivity index (χ4n) is 1.69. The van der Waals surface area contributed by atoms with Gasteiger partial charge in [-0.3, -0.25) is 4.79 Å². The van der Waals surface area contributed by atoms with Gasteiger partial charge in [0, 0.05) is 26.0 Å². The van der Waals surface area contributed by atoms with E-state index in [-0.39, 0.29) is 18.9 Å². The second-order valence-corrected chi connectivity index (χ2v) is 4.32. The van der Waals surface area contributed by atoms with Crippen molar-refractivity contribution in [3.8, 4) is 11.5 Å². The Labute approximate surface area is 116 Å². The highest BCUT2D eigenvalue weighted by molar-refractivity contribution is 5.75. The molecule has 0 aromatic carbocycles. The summed E-state index contributed by atoms with van der Waals surface area (Å²) in [6, 6.07) is 1.76. The second kappa shape index (κ2) is 6.85. The van der Waals surface area contributed by atoms with E-state index in [9.17, 15) is 4.79 Å². The summed E-state index contributed by atoms with van der Waals surface area (Å²) in [6.45, 7) is 2.35. The molecule has 0 atom stereocenters. The number of rotatable bonds is 7. The van der Waals surface area contributed by atoms with Crippen molar-refractivity contribution in [3.63, 3.8) is 0 Å². The number of carbonyl (C=O) groups is 1. The van der Waals surface area contributed by atoms with Crippen LogP contribution in [-0.4, -0.2) is 34.4 Å². The Balaban J connectivity index is 1.84. The molecule has 0 bridgehead atoms. The summed E-state index contributed by atoms with van der Waals surface area (Å²) in [4.78, 5) is 11.5. The van der Waals surface area contributed by atoms with Gasteiger partial charge in [-0.05, 0) is 19.4 Å². The Morgan fingerprint density at radius 1 is 1.45 bits per heavy atom. The molecule has 2 heterocycles. The summed E-state index contributed by atoms with van der Waals surface area (Å²) in [6.07, 6.45) is 2.77. The molecule has 0 saturated heterocycles. The quantitative estimate of drug-likeness (QED) is 0.735. The lowest BCUT2D eigenvalue weighted by Crippen LogP contribution is -2.25. The smallest absolute Gasteiger partial charge is 0.251 e. The van der Waals surface area contributed by atoms with E-state index in [2.05, 4.69) is 15.5 Å². The molecule has 7 heteroatoms. The van der Waals surface area contributed by atoms with Crippen LogP contribution in [0.4, 0.5) is 0 Å². The van der Waals surface area contributed by atoms with Gasteiger partial charge >= 0.3 is 0 Å². The van der Waals surface area contributed by atoms with E-state index in [1.54, 1.807) is 12.3 Å². The standard InChI is InChI=1S/C13H17N3O4/c1-9-10(5-8-19-9)13-16-15-12(20-13)4-3-11(18)14-6-2-7-17/h5,8,17H,2-4,6-7H2,1H3,(H,14,18). The third-order valence-corrected chi connectivity index (χ3v) is 2.78. The van der Waals surface area contributed by atoms with Gasteiger partial charge in [-0.15, -0.1) is 10.2 Å². The van der Waals surface area contributed by atoms with Crippen LogP contribution in [0.25, 0.3) is 11.5 Å². The lowest BCUT2D eigenvalue weighted by Gasteiger charge is -2.01. The Morgan fingerprint density at radius 2 is 2.30 bits per heavy atom. The maximum Gasteiger partial charge on any atom is 0.251 e. The maximum absolute atomic E-state index is 11.5. The van der Waals surface area contributed by atoms with Crippen molar-refractivity contribution in [2.45, 2.75) is 26.2 Å². The van der Waals surface area contributed by atoms with Crippen molar-refractivity contribution in [1.82, 2.24) is 15.5 Å². The summed E-state index contributed by atoms with van der Waals surface area (Å²) in [5.41, 5.74) is 0.760. The minimum absolute atomic E-state index is 0.0668. The van der Waals surface area contributed by atoms with Crippen molar-refractivity contribution in [1.29, 1.82) is 0 Å². The summed E-state index contributed by atoms with van der Waals surface area (Å²) in [5, 5.41) is 19.1. The van der Waals surface area contributed by atoms with Crippen LogP contribution in [0.1, 0.15) is 24.5 Å². The van der Waals surface area contributed by atoms with Gasteiger partial charge in [0.05, 0.1) is 11.8 Å². The van der Waals surface area contributed by atoms with E-state index in [0.717, 1.165) is 5.56 Å². The largest absolute Gasteiger partial charge is 0.469 e. The zero-order chi connectivity index (χ0) is 14.4. The van der Waals surface area contributed by atoms with Gasteiger partial charge in [0.1, 0.15) is 5.76 Å². The molecule has 7 nitrogen and oxygen atoms in total. The normalized spacial score (nSPS) is 10.7. The van der Waals surface area contributed by atoms with Crippen molar-refractivity contribution in [2.75, 3.05) is 13.2 Å². The van der Waals surface area contributed by atoms with Crippen LogP contribution in [0.2, 0.25) is 0 Å². The molecule has 20 heavy (non-hydrogen) atoms. The predicted octanol–water partition coefficient (Wildman–Crippen LogP) is 1.07. The molecule has 0 fully saturated rings. The molecule has 0 aliphatic heterocycles. The number of hydrogen-bond donors (Lipinski definition) is 2. The highest BCUT2D eigenvalue weighted by atomic mass is 16.4. The molecule has 2 aromatic heterocycles. The van der Waals surface area contributed by atoms with Crippen LogP contribution >= 0.6 is 0 Å². The number of aromatic nitrogens is 2. The number of aliphatic hydroxyl groups excluding tert-OH is 1. The number of nitrogens with zero attached hydrogens (tertiary/aromatic N) is 2. The molecular weight excluding hydrogens is 262 g/mol. The molecule has 2 rings (SSSR count). The fourth-order valence-corrected chi connectivity index (χ4v) is 1.69. The Kier molecular flexibility index (Phi) is 4.89. The van der Waals surface area contributed by atoms with Gasteiger partial charge in [0.2, 0.25) is 11.8 Å². The average Bonchev–Trinajstić information content (AvgIpc) is 3.05. The lowest BCUT2D eigenvalue weighted by molar-refractivity contribution is -0.121. The molecule has 0 aliphatic carbocycles. The summed E-state index contributed by atoms with van der Waals surface area (Å²) in [5.74, 6) is 1.42.